The number of hydrogen-bond donors (Lipinski definition) is 2. The quantitative estimate of drug-likeness (QED) is 0.589. The van der Waals surface area contributed by atoms with Crippen molar-refractivity contribution in [3.63, 3.8) is 0 Å². The molecule has 0 spiro atoms. The van der Waals surface area contributed by atoms with E-state index in [0.29, 0.717) is 43.7 Å². The average Bonchev–Trinajstić information content (AvgIpc) is 3.64. The molecule has 8 nitrogen and oxygen atoms in total. The fraction of sp³-hybridized carbons (Fsp3) is 0.464. The largest absolute Gasteiger partial charge is 0.478 e. The second kappa shape index (κ2) is 10.8. The molecule has 36 heavy (non-hydrogen) atoms. The van der Waals surface area contributed by atoms with E-state index in [1.807, 2.05) is 23.1 Å². The Bertz CT molecular complexity index is 1090. The van der Waals surface area contributed by atoms with Gasteiger partial charge < -0.3 is 25.0 Å². The zero-order valence-electron chi connectivity index (χ0n) is 20.3. The fourth-order valence-corrected chi connectivity index (χ4v) is 5.76. The van der Waals surface area contributed by atoms with Crippen LogP contribution in [-0.2, 0) is 9.53 Å². The summed E-state index contributed by atoms with van der Waals surface area (Å²) >= 11 is 0. The van der Waals surface area contributed by atoms with Gasteiger partial charge in [0.05, 0.1) is 24.1 Å². The molecule has 0 aromatic heterocycles. The maximum Gasteiger partial charge on any atom is 0.335 e. The van der Waals surface area contributed by atoms with Crippen LogP contribution in [0.25, 0.3) is 0 Å². The first-order valence-electron chi connectivity index (χ1n) is 12.8. The molecule has 2 amide bonds. The zero-order valence-corrected chi connectivity index (χ0v) is 20.3. The molecule has 3 unspecified atom stereocenters. The molecule has 3 saturated heterocycles. The molecule has 3 aliphatic heterocycles. The number of nitrogens with zero attached hydrogens (tertiary/aromatic N) is 2. The van der Waals surface area contributed by atoms with E-state index < -0.39 is 5.97 Å². The molecule has 0 aliphatic carbocycles. The second-order valence-electron chi connectivity index (χ2n) is 10.2. The smallest absolute Gasteiger partial charge is 0.335 e. The van der Waals surface area contributed by atoms with Crippen molar-refractivity contribution in [1.29, 1.82) is 0 Å². The van der Waals surface area contributed by atoms with Crippen LogP contribution in [0.2, 0.25) is 0 Å². The summed E-state index contributed by atoms with van der Waals surface area (Å²) in [5, 5.41) is 12.5. The highest BCUT2D eigenvalue weighted by Crippen LogP contribution is 2.33. The number of amides is 2. The molecular weight excluding hydrogens is 458 g/mol. The number of fused-ring (bicyclic) bond motifs is 1. The van der Waals surface area contributed by atoms with Crippen LogP contribution in [0.1, 0.15) is 45.2 Å². The number of likely N-dealkylation sites (tertiary alicyclic amines) is 2. The first-order chi connectivity index (χ1) is 17.5. The highest BCUT2D eigenvalue weighted by molar-refractivity contribution is 5.97. The Labute approximate surface area is 211 Å². The number of aromatic carboxylic acids is 1. The number of rotatable bonds is 8. The highest BCUT2D eigenvalue weighted by atomic mass is 16.5. The molecule has 0 saturated carbocycles. The summed E-state index contributed by atoms with van der Waals surface area (Å²) in [6.45, 7) is 5.26. The van der Waals surface area contributed by atoms with Crippen LogP contribution in [0.4, 0.5) is 0 Å². The van der Waals surface area contributed by atoms with Gasteiger partial charge in [0.15, 0.2) is 0 Å². The van der Waals surface area contributed by atoms with Gasteiger partial charge in [-0.3, -0.25) is 9.59 Å². The Kier molecular flexibility index (Phi) is 7.34. The third-order valence-corrected chi connectivity index (χ3v) is 7.76. The summed E-state index contributed by atoms with van der Waals surface area (Å²) in [6.07, 6.45) is 1.60. The predicted octanol–water partition coefficient (Wildman–Crippen LogP) is 2.67. The maximum absolute atomic E-state index is 13.0. The Morgan fingerprint density at radius 2 is 1.69 bits per heavy atom. The summed E-state index contributed by atoms with van der Waals surface area (Å²) in [5.74, 6) is -0.293. The van der Waals surface area contributed by atoms with Gasteiger partial charge in [0.2, 0.25) is 5.91 Å². The fourth-order valence-electron chi connectivity index (χ4n) is 5.76. The summed E-state index contributed by atoms with van der Waals surface area (Å²) in [7, 11) is 0. The van der Waals surface area contributed by atoms with Crippen LogP contribution >= 0.6 is 0 Å². The molecule has 4 atom stereocenters. The van der Waals surface area contributed by atoms with E-state index in [0.717, 1.165) is 38.0 Å². The van der Waals surface area contributed by atoms with Crippen LogP contribution in [0.15, 0.2) is 54.6 Å². The molecule has 3 heterocycles. The van der Waals surface area contributed by atoms with E-state index in [1.54, 1.807) is 12.1 Å². The van der Waals surface area contributed by atoms with Crippen molar-refractivity contribution in [2.75, 3.05) is 45.9 Å². The molecule has 2 aromatic carbocycles. The van der Waals surface area contributed by atoms with Crippen molar-refractivity contribution in [3.05, 3.63) is 71.3 Å². The molecular formula is C28H33N3O5. The van der Waals surface area contributed by atoms with E-state index in [9.17, 15) is 19.5 Å². The minimum atomic E-state index is -1.03. The van der Waals surface area contributed by atoms with Crippen LogP contribution < -0.4 is 5.32 Å². The second-order valence-corrected chi connectivity index (χ2v) is 10.2. The van der Waals surface area contributed by atoms with E-state index >= 15 is 0 Å². The molecule has 5 rings (SSSR count). The lowest BCUT2D eigenvalue weighted by atomic mass is 10.0. The van der Waals surface area contributed by atoms with E-state index in [1.165, 1.54) is 12.1 Å². The number of carbonyl (C=O) groups excluding carboxylic acids is 2. The zero-order chi connectivity index (χ0) is 25.1. The van der Waals surface area contributed by atoms with Crippen LogP contribution in [0, 0.1) is 17.8 Å². The van der Waals surface area contributed by atoms with Gasteiger partial charge in [-0.2, -0.15) is 0 Å². The Hall–Kier alpha value is -3.23. The third-order valence-electron chi connectivity index (χ3n) is 7.76. The molecule has 0 bridgehead atoms. The van der Waals surface area contributed by atoms with Gasteiger partial charge in [-0.1, -0.05) is 36.4 Å². The van der Waals surface area contributed by atoms with E-state index in [4.69, 9.17) is 4.74 Å². The minimum Gasteiger partial charge on any atom is -0.478 e. The number of carbonyl (C=O) groups is 3. The third kappa shape index (κ3) is 5.44. The number of hydrogen-bond acceptors (Lipinski definition) is 5. The van der Waals surface area contributed by atoms with Gasteiger partial charge in [-0.05, 0) is 48.4 Å². The summed E-state index contributed by atoms with van der Waals surface area (Å²) in [4.78, 5) is 41.3. The SMILES string of the molecule is O=C(O)c1cccc(C(=O)N2CC3CN(CC[C@H](NC(=O)C4CCOC4)c4ccccc4)CC3C2)c1. The Morgan fingerprint density at radius 3 is 2.36 bits per heavy atom. The molecule has 0 radical (unpaired) electrons. The monoisotopic (exact) mass is 491 g/mol. The molecule has 2 N–H and O–H groups in total. The van der Waals surface area contributed by atoms with Crippen molar-refractivity contribution in [2.45, 2.75) is 18.9 Å². The van der Waals surface area contributed by atoms with Gasteiger partial charge >= 0.3 is 5.97 Å². The lowest BCUT2D eigenvalue weighted by Crippen LogP contribution is -2.37. The van der Waals surface area contributed by atoms with Crippen molar-refractivity contribution < 1.29 is 24.2 Å². The lowest BCUT2D eigenvalue weighted by molar-refractivity contribution is -0.125. The number of nitrogens with one attached hydrogen (secondary N) is 1. The normalized spacial score (nSPS) is 24.4. The average molecular weight is 492 g/mol. The first-order valence-corrected chi connectivity index (χ1v) is 12.8. The standard InChI is InChI=1S/C28H33N3O5/c32-26(22-10-12-36-18-22)29-25(19-5-2-1-3-6-19)9-11-30-14-23-16-31(17-24(23)15-30)27(33)20-7-4-8-21(13-20)28(34)35/h1-8,13,22-25H,9-12,14-18H2,(H,29,32)(H,34,35)/t22?,23?,24?,25-/m0/s1. The Balaban J connectivity index is 1.15. The van der Waals surface area contributed by atoms with Crippen molar-refractivity contribution in [3.8, 4) is 0 Å². The highest BCUT2D eigenvalue weighted by Gasteiger charge is 2.41. The van der Waals surface area contributed by atoms with Crippen LogP contribution in [-0.4, -0.2) is 78.6 Å². The van der Waals surface area contributed by atoms with E-state index in [-0.39, 0.29) is 29.3 Å². The van der Waals surface area contributed by atoms with Gasteiger partial charge in [0.25, 0.3) is 5.91 Å². The van der Waals surface area contributed by atoms with Gasteiger partial charge in [-0.15, -0.1) is 0 Å². The van der Waals surface area contributed by atoms with Gasteiger partial charge in [0.1, 0.15) is 0 Å². The van der Waals surface area contributed by atoms with Crippen LogP contribution in [0.5, 0.6) is 0 Å². The van der Waals surface area contributed by atoms with Crippen molar-refractivity contribution in [2.24, 2.45) is 17.8 Å². The molecule has 2 aromatic rings. The molecule has 8 heteroatoms. The number of carboxylic acids is 1. The summed E-state index contributed by atoms with van der Waals surface area (Å²) in [5.41, 5.74) is 1.68. The lowest BCUT2D eigenvalue weighted by Gasteiger charge is -2.25. The van der Waals surface area contributed by atoms with Gasteiger partial charge in [0, 0.05) is 44.9 Å². The number of benzene rings is 2. The van der Waals surface area contributed by atoms with Crippen LogP contribution in [0.3, 0.4) is 0 Å². The molecule has 3 aliphatic rings. The molecule has 190 valence electrons. The van der Waals surface area contributed by atoms with Crippen molar-refractivity contribution >= 4 is 17.8 Å². The minimum absolute atomic E-state index is 0.0423. The topological polar surface area (TPSA) is 99.2 Å². The predicted molar refractivity (Wildman–Crippen MR) is 134 cm³/mol. The van der Waals surface area contributed by atoms with Crippen molar-refractivity contribution in [1.82, 2.24) is 15.1 Å². The molecule has 3 fully saturated rings. The maximum atomic E-state index is 13.0. The first kappa shape index (κ1) is 24.5. The van der Waals surface area contributed by atoms with Gasteiger partial charge in [-0.25, -0.2) is 4.79 Å². The summed E-state index contributed by atoms with van der Waals surface area (Å²) < 4.78 is 5.40. The Morgan fingerprint density at radius 1 is 0.972 bits per heavy atom. The summed E-state index contributed by atoms with van der Waals surface area (Å²) in [6, 6.07) is 16.4. The number of carboxylic acid groups (broad SMARTS) is 1. The van der Waals surface area contributed by atoms with E-state index in [2.05, 4.69) is 22.3 Å². The number of ether oxygens (including phenoxy) is 1.